The van der Waals surface area contributed by atoms with Gasteiger partial charge in [-0.05, 0) is 19.3 Å². The van der Waals surface area contributed by atoms with E-state index < -0.39 is 5.60 Å². The second kappa shape index (κ2) is 4.62. The Labute approximate surface area is 80.6 Å². The third kappa shape index (κ3) is 2.45. The van der Waals surface area contributed by atoms with Gasteiger partial charge in [-0.1, -0.05) is 32.6 Å². The number of hydrogen-bond donors (Lipinski definition) is 1. The van der Waals surface area contributed by atoms with Crippen LogP contribution in [0.2, 0.25) is 0 Å². The highest BCUT2D eigenvalue weighted by Crippen LogP contribution is 2.36. The molecule has 0 aromatic rings. The molecule has 1 aliphatic rings. The van der Waals surface area contributed by atoms with Crippen molar-refractivity contribution >= 4 is 0 Å². The van der Waals surface area contributed by atoms with Gasteiger partial charge >= 0.3 is 0 Å². The molecule has 0 aromatic carbocycles. The van der Waals surface area contributed by atoms with Gasteiger partial charge in [0.1, 0.15) is 0 Å². The average Bonchev–Trinajstić information content (AvgIpc) is 2.15. The summed E-state index contributed by atoms with van der Waals surface area (Å²) >= 11 is 0. The van der Waals surface area contributed by atoms with Crippen molar-refractivity contribution in [2.45, 2.75) is 57.5 Å². The molecule has 1 fully saturated rings. The van der Waals surface area contributed by atoms with Crippen LogP contribution < -0.4 is 0 Å². The Bertz CT molecular complexity index is 189. The Morgan fingerprint density at radius 1 is 1.38 bits per heavy atom. The minimum Gasteiger partial charge on any atom is -0.389 e. The summed E-state index contributed by atoms with van der Waals surface area (Å²) in [5, 5.41) is 19.2. The lowest BCUT2D eigenvalue weighted by Crippen LogP contribution is -2.39. The molecule has 1 atom stereocenters. The van der Waals surface area contributed by atoms with Crippen LogP contribution in [0.15, 0.2) is 0 Å². The van der Waals surface area contributed by atoms with E-state index in [1.165, 1.54) is 6.42 Å². The van der Waals surface area contributed by atoms with Crippen molar-refractivity contribution < 1.29 is 5.11 Å². The maximum atomic E-state index is 10.2. The Morgan fingerprint density at radius 2 is 2.00 bits per heavy atom. The predicted molar refractivity (Wildman–Crippen MR) is 52.0 cm³/mol. The molecule has 0 radical (unpaired) electrons. The number of rotatable bonds is 3. The van der Waals surface area contributed by atoms with E-state index in [0.29, 0.717) is 0 Å². The minimum absolute atomic E-state index is 0.141. The van der Waals surface area contributed by atoms with Crippen molar-refractivity contribution in [1.82, 2.24) is 0 Å². The highest BCUT2D eigenvalue weighted by Gasteiger charge is 2.37. The molecule has 13 heavy (non-hydrogen) atoms. The average molecular weight is 181 g/mol. The summed E-state index contributed by atoms with van der Waals surface area (Å²) in [4.78, 5) is 0. The van der Waals surface area contributed by atoms with Crippen LogP contribution >= 0.6 is 0 Å². The van der Waals surface area contributed by atoms with Gasteiger partial charge in [-0.2, -0.15) is 5.26 Å². The van der Waals surface area contributed by atoms with Crippen LogP contribution in [0.5, 0.6) is 0 Å². The van der Waals surface area contributed by atoms with Crippen molar-refractivity contribution in [2.24, 2.45) is 5.92 Å². The van der Waals surface area contributed by atoms with Gasteiger partial charge in [-0.25, -0.2) is 0 Å². The van der Waals surface area contributed by atoms with Crippen molar-refractivity contribution in [3.8, 4) is 6.07 Å². The number of nitriles is 1. The molecule has 0 amide bonds. The first kappa shape index (κ1) is 10.5. The van der Waals surface area contributed by atoms with Gasteiger partial charge in [0.15, 0.2) is 0 Å². The molecular weight excluding hydrogens is 162 g/mol. The molecule has 0 saturated heterocycles. The zero-order chi connectivity index (χ0) is 9.73. The van der Waals surface area contributed by atoms with Crippen molar-refractivity contribution in [3.05, 3.63) is 0 Å². The Morgan fingerprint density at radius 3 is 2.46 bits per heavy atom. The van der Waals surface area contributed by atoms with Gasteiger partial charge in [-0.15, -0.1) is 0 Å². The van der Waals surface area contributed by atoms with Crippen LogP contribution in [-0.2, 0) is 0 Å². The van der Waals surface area contributed by atoms with E-state index in [1.54, 1.807) is 0 Å². The molecule has 1 N–H and O–H groups in total. The van der Waals surface area contributed by atoms with Crippen LogP contribution in [-0.4, -0.2) is 10.7 Å². The number of aliphatic hydroxyl groups is 1. The highest BCUT2D eigenvalue weighted by molar-refractivity contribution is 4.99. The Hall–Kier alpha value is -0.550. The fourth-order valence-electron chi connectivity index (χ4n) is 2.25. The molecule has 1 aliphatic carbocycles. The normalized spacial score (nSPS) is 23.5. The van der Waals surface area contributed by atoms with Crippen molar-refractivity contribution in [2.75, 3.05) is 0 Å². The molecule has 2 nitrogen and oxygen atoms in total. The maximum absolute atomic E-state index is 10.2. The first-order valence-corrected chi connectivity index (χ1v) is 5.35. The lowest BCUT2D eigenvalue weighted by molar-refractivity contribution is -0.0330. The van der Waals surface area contributed by atoms with Crippen LogP contribution in [0.3, 0.4) is 0 Å². The summed E-state index contributed by atoms with van der Waals surface area (Å²) < 4.78 is 0. The van der Waals surface area contributed by atoms with E-state index in [9.17, 15) is 5.11 Å². The lowest BCUT2D eigenvalue weighted by Gasteiger charge is -2.35. The summed E-state index contributed by atoms with van der Waals surface area (Å²) in [6, 6.07) is 2.26. The highest BCUT2D eigenvalue weighted by atomic mass is 16.3. The van der Waals surface area contributed by atoms with E-state index in [1.807, 2.05) is 0 Å². The first-order valence-electron chi connectivity index (χ1n) is 5.35. The summed E-state index contributed by atoms with van der Waals surface area (Å²) in [6.07, 6.45) is 6.85. The molecule has 2 heteroatoms. The minimum atomic E-state index is -0.664. The quantitative estimate of drug-likeness (QED) is 0.727. The standard InChI is InChI=1S/C11H19NO/c1-2-6-10(9-12)11(13)7-4-3-5-8-11/h10,13H,2-8H2,1H3. The van der Waals surface area contributed by atoms with Gasteiger partial charge in [-0.3, -0.25) is 0 Å². The lowest BCUT2D eigenvalue weighted by atomic mass is 9.74. The summed E-state index contributed by atoms with van der Waals surface area (Å²) in [6.45, 7) is 2.07. The smallest absolute Gasteiger partial charge is 0.0805 e. The van der Waals surface area contributed by atoms with Crippen LogP contribution in [0, 0.1) is 17.2 Å². The second-order valence-electron chi connectivity index (χ2n) is 4.13. The van der Waals surface area contributed by atoms with Gasteiger partial charge in [0.2, 0.25) is 0 Å². The SMILES string of the molecule is CCCC(C#N)C1(O)CCCCC1. The van der Waals surface area contributed by atoms with E-state index in [0.717, 1.165) is 38.5 Å². The first-order chi connectivity index (χ1) is 6.23. The topological polar surface area (TPSA) is 44.0 Å². The van der Waals surface area contributed by atoms with E-state index in [2.05, 4.69) is 13.0 Å². The maximum Gasteiger partial charge on any atom is 0.0805 e. The number of hydrogen-bond acceptors (Lipinski definition) is 2. The molecule has 0 spiro atoms. The molecule has 1 rings (SSSR count). The molecule has 1 unspecified atom stereocenters. The monoisotopic (exact) mass is 181 g/mol. The van der Waals surface area contributed by atoms with Crippen LogP contribution in [0.4, 0.5) is 0 Å². The zero-order valence-electron chi connectivity index (χ0n) is 8.42. The summed E-state index contributed by atoms with van der Waals surface area (Å²) in [5.41, 5.74) is -0.664. The largest absolute Gasteiger partial charge is 0.389 e. The van der Waals surface area contributed by atoms with Crippen molar-refractivity contribution in [3.63, 3.8) is 0 Å². The third-order valence-electron chi connectivity index (χ3n) is 3.10. The van der Waals surface area contributed by atoms with Crippen LogP contribution in [0.1, 0.15) is 51.9 Å². The van der Waals surface area contributed by atoms with Gasteiger partial charge in [0.05, 0.1) is 17.6 Å². The molecule has 74 valence electrons. The molecule has 0 aliphatic heterocycles. The third-order valence-corrected chi connectivity index (χ3v) is 3.10. The molecule has 1 saturated carbocycles. The number of nitrogens with zero attached hydrogens (tertiary/aromatic N) is 1. The summed E-state index contributed by atoms with van der Waals surface area (Å²) in [7, 11) is 0. The Kier molecular flexibility index (Phi) is 3.74. The van der Waals surface area contributed by atoms with E-state index >= 15 is 0 Å². The van der Waals surface area contributed by atoms with E-state index in [-0.39, 0.29) is 5.92 Å². The second-order valence-corrected chi connectivity index (χ2v) is 4.13. The van der Waals surface area contributed by atoms with Crippen LogP contribution in [0.25, 0.3) is 0 Å². The Balaban J connectivity index is 2.59. The van der Waals surface area contributed by atoms with Gasteiger partial charge in [0, 0.05) is 0 Å². The van der Waals surface area contributed by atoms with E-state index in [4.69, 9.17) is 5.26 Å². The molecule has 0 heterocycles. The zero-order valence-corrected chi connectivity index (χ0v) is 8.42. The molecular formula is C11H19NO. The van der Waals surface area contributed by atoms with Gasteiger partial charge in [0.25, 0.3) is 0 Å². The fourth-order valence-corrected chi connectivity index (χ4v) is 2.25. The molecule has 0 aromatic heterocycles. The van der Waals surface area contributed by atoms with Gasteiger partial charge < -0.3 is 5.11 Å². The summed E-state index contributed by atoms with van der Waals surface area (Å²) in [5.74, 6) is -0.141. The fraction of sp³-hybridized carbons (Fsp3) is 0.909. The predicted octanol–water partition coefficient (Wildman–Crippen LogP) is 2.62. The molecule has 0 bridgehead atoms. The van der Waals surface area contributed by atoms with Crippen molar-refractivity contribution in [1.29, 1.82) is 5.26 Å².